The highest BCUT2D eigenvalue weighted by Gasteiger charge is 2.62. The van der Waals surface area contributed by atoms with Gasteiger partial charge in [0.15, 0.2) is 40.0 Å². The standard InChI is InChI=1S/C54H68N4O11S/c1-8-10-12-14-16-18-40(60)68-48-31(4)49-50(67-29-66-49)43-37-27-65-53(62)54(34-25-39(63-6)38(59)24-32(34)20-21-56-54)28-70-52(44(43)48)46-45-42-33(23-35(57(45)5)36(26-55)58(37)46)22-30(3)47(64-7)51(42)69-41(61)19-17-15-13-11-9-2/h22,24-25,35-37,45-46,52,56,59H,8-21,23,27-29H2,1-7H3/t35-,36+,37+,45+,46?,52-,54-/m1/s1. The fourth-order valence-electron chi connectivity index (χ4n) is 12.2. The van der Waals surface area contributed by atoms with Gasteiger partial charge >= 0.3 is 17.9 Å². The number of hydrogen-bond acceptors (Lipinski definition) is 16. The van der Waals surface area contributed by atoms with Crippen LogP contribution >= 0.6 is 11.8 Å². The van der Waals surface area contributed by atoms with Crippen molar-refractivity contribution in [3.8, 4) is 46.3 Å². The molecule has 2 N–H and O–H groups in total. The molecular weight excluding hydrogens is 913 g/mol. The molecule has 70 heavy (non-hydrogen) atoms. The average Bonchev–Trinajstić information content (AvgIpc) is 3.84. The zero-order chi connectivity index (χ0) is 49.4. The van der Waals surface area contributed by atoms with E-state index in [0.717, 1.165) is 73.6 Å². The summed E-state index contributed by atoms with van der Waals surface area (Å²) in [6.45, 7) is 8.32. The minimum Gasteiger partial charge on any atom is -0.504 e. The first-order chi connectivity index (χ1) is 33.9. The maximum absolute atomic E-state index is 15.1. The molecule has 10 rings (SSSR count). The molecule has 0 aromatic heterocycles. The fourth-order valence-corrected chi connectivity index (χ4v) is 13.9. The van der Waals surface area contributed by atoms with Crippen LogP contribution in [-0.2, 0) is 37.5 Å². The number of carbonyl (C=O) groups is 3. The lowest BCUT2D eigenvalue weighted by atomic mass is 9.71. The Bertz CT molecular complexity index is 2560. The quantitative estimate of drug-likeness (QED) is 0.0789. The largest absolute Gasteiger partial charge is 0.504 e. The lowest BCUT2D eigenvalue weighted by Gasteiger charge is -2.62. The van der Waals surface area contributed by atoms with E-state index in [4.69, 9.17) is 33.2 Å². The monoisotopic (exact) mass is 980 g/mol. The van der Waals surface area contributed by atoms with Crippen molar-refractivity contribution in [3.63, 3.8) is 0 Å². The fraction of sp³-hybridized carbons (Fsp3) is 0.593. The van der Waals surface area contributed by atoms with Gasteiger partial charge in [-0.15, -0.1) is 11.8 Å². The number of methoxy groups -OCH3 is 2. The predicted octanol–water partition coefficient (Wildman–Crippen LogP) is 8.89. The number of aromatic hydroxyl groups is 1. The lowest BCUT2D eigenvalue weighted by molar-refractivity contribution is -0.157. The number of esters is 3. The molecule has 7 aliphatic rings. The van der Waals surface area contributed by atoms with Crippen LogP contribution in [0.4, 0.5) is 0 Å². The molecule has 0 amide bonds. The minimum absolute atomic E-state index is 0.0249. The number of carbonyl (C=O) groups excluding carboxylic acids is 3. The maximum Gasteiger partial charge on any atom is 0.331 e. The summed E-state index contributed by atoms with van der Waals surface area (Å²) in [5.41, 5.74) is 4.59. The summed E-state index contributed by atoms with van der Waals surface area (Å²) >= 11 is 1.51. The van der Waals surface area contributed by atoms with Gasteiger partial charge in [-0.2, -0.15) is 5.26 Å². The van der Waals surface area contributed by atoms with Gasteiger partial charge in [-0.3, -0.25) is 24.7 Å². The van der Waals surface area contributed by atoms with Gasteiger partial charge in [0.05, 0.1) is 37.6 Å². The smallest absolute Gasteiger partial charge is 0.331 e. The Morgan fingerprint density at radius 1 is 0.871 bits per heavy atom. The van der Waals surface area contributed by atoms with Gasteiger partial charge in [0.1, 0.15) is 18.4 Å². The number of nitrogens with zero attached hydrogens (tertiary/aromatic N) is 3. The summed E-state index contributed by atoms with van der Waals surface area (Å²) in [5.74, 6) is 1.25. The molecular formula is C54H68N4O11S. The van der Waals surface area contributed by atoms with Crippen molar-refractivity contribution in [1.82, 2.24) is 15.1 Å². The average molecular weight is 981 g/mol. The molecule has 376 valence electrons. The number of ether oxygens (including phenoxy) is 7. The maximum atomic E-state index is 15.1. The van der Waals surface area contributed by atoms with E-state index in [1.165, 1.54) is 18.9 Å². The van der Waals surface area contributed by atoms with Gasteiger partial charge in [0, 0.05) is 59.5 Å². The summed E-state index contributed by atoms with van der Waals surface area (Å²) < 4.78 is 44.2. The van der Waals surface area contributed by atoms with Crippen LogP contribution in [0.1, 0.15) is 153 Å². The van der Waals surface area contributed by atoms with E-state index in [9.17, 15) is 20.0 Å². The second kappa shape index (κ2) is 20.9. The molecule has 7 heterocycles. The van der Waals surface area contributed by atoms with Crippen LogP contribution in [0, 0.1) is 25.2 Å². The van der Waals surface area contributed by atoms with E-state index < -0.39 is 40.9 Å². The number of aryl methyl sites for hydroxylation is 1. The van der Waals surface area contributed by atoms with Gasteiger partial charge in [-0.25, -0.2) is 4.79 Å². The molecule has 7 aliphatic heterocycles. The van der Waals surface area contributed by atoms with Crippen LogP contribution in [0.2, 0.25) is 0 Å². The van der Waals surface area contributed by atoms with Crippen LogP contribution < -0.4 is 33.7 Å². The predicted molar refractivity (Wildman–Crippen MR) is 263 cm³/mol. The van der Waals surface area contributed by atoms with Crippen LogP contribution in [0.25, 0.3) is 0 Å². The van der Waals surface area contributed by atoms with Crippen LogP contribution in [0.5, 0.6) is 40.2 Å². The number of thioether (sulfide) groups is 1. The first kappa shape index (κ1) is 49.8. The van der Waals surface area contributed by atoms with Crippen LogP contribution in [0.15, 0.2) is 18.2 Å². The summed E-state index contributed by atoms with van der Waals surface area (Å²) in [6, 6.07) is 5.27. The molecule has 3 aromatic carbocycles. The second-order valence-electron chi connectivity index (χ2n) is 19.8. The van der Waals surface area contributed by atoms with E-state index in [0.29, 0.717) is 83.2 Å². The number of hydrogen-bond donors (Lipinski definition) is 2. The Balaban J connectivity index is 1.26. The Hall–Kier alpha value is -5.21. The third kappa shape index (κ3) is 8.62. The molecule has 2 fully saturated rings. The van der Waals surface area contributed by atoms with Crippen molar-refractivity contribution in [1.29, 1.82) is 5.26 Å². The van der Waals surface area contributed by atoms with Gasteiger partial charge in [-0.05, 0) is 81.0 Å². The highest BCUT2D eigenvalue weighted by molar-refractivity contribution is 7.99. The van der Waals surface area contributed by atoms with Crippen LogP contribution in [-0.4, -0.2) is 97.9 Å². The van der Waals surface area contributed by atoms with Gasteiger partial charge in [0.2, 0.25) is 6.79 Å². The molecule has 3 aromatic rings. The Labute approximate surface area is 415 Å². The van der Waals surface area contributed by atoms with Crippen molar-refractivity contribution in [2.24, 2.45) is 0 Å². The van der Waals surface area contributed by atoms with Crippen molar-refractivity contribution in [2.75, 3.05) is 47.0 Å². The van der Waals surface area contributed by atoms with E-state index in [2.05, 4.69) is 41.1 Å². The normalized spacial score (nSPS) is 25.2. The Morgan fingerprint density at radius 3 is 2.23 bits per heavy atom. The number of nitriles is 1. The van der Waals surface area contributed by atoms with Crippen molar-refractivity contribution < 1.29 is 52.6 Å². The summed E-state index contributed by atoms with van der Waals surface area (Å²) in [6.07, 6.45) is 11.2. The first-order valence-electron chi connectivity index (χ1n) is 25.3. The van der Waals surface area contributed by atoms with Gasteiger partial charge in [0.25, 0.3) is 0 Å². The molecule has 1 spiro atoms. The zero-order valence-corrected chi connectivity index (χ0v) is 42.5. The number of unbranched alkanes of at least 4 members (excludes halogenated alkanes) is 8. The van der Waals surface area contributed by atoms with E-state index in [1.807, 2.05) is 20.9 Å². The summed E-state index contributed by atoms with van der Waals surface area (Å²) in [4.78, 5) is 47.8. The molecule has 0 radical (unpaired) electrons. The number of fused-ring (bicyclic) bond motifs is 9. The summed E-state index contributed by atoms with van der Waals surface area (Å²) in [7, 11) is 5.11. The number of benzene rings is 3. The summed E-state index contributed by atoms with van der Waals surface area (Å²) in [5, 5.41) is 25.4. The molecule has 0 saturated carbocycles. The van der Waals surface area contributed by atoms with Gasteiger partial charge < -0.3 is 38.3 Å². The van der Waals surface area contributed by atoms with E-state index in [1.54, 1.807) is 19.2 Å². The molecule has 1 unspecified atom stereocenters. The molecule has 0 aliphatic carbocycles. The molecule has 16 heteroatoms. The highest BCUT2D eigenvalue weighted by atomic mass is 32.2. The van der Waals surface area contributed by atoms with E-state index >= 15 is 4.79 Å². The third-order valence-corrected chi connectivity index (χ3v) is 17.0. The Morgan fingerprint density at radius 2 is 1.56 bits per heavy atom. The van der Waals surface area contributed by atoms with E-state index in [-0.39, 0.29) is 61.5 Å². The van der Waals surface area contributed by atoms with Gasteiger partial charge in [-0.1, -0.05) is 71.3 Å². The highest BCUT2D eigenvalue weighted by Crippen LogP contribution is 2.65. The molecule has 7 atom stereocenters. The minimum atomic E-state index is -1.40. The number of piperazine rings is 1. The molecule has 15 nitrogen and oxygen atoms in total. The van der Waals surface area contributed by atoms with Crippen LogP contribution in [0.3, 0.4) is 0 Å². The number of phenolic OH excluding ortho intramolecular Hbond substituents is 1. The molecule has 4 bridgehead atoms. The second-order valence-corrected chi connectivity index (χ2v) is 20.9. The number of rotatable bonds is 16. The number of phenols is 1. The lowest BCUT2D eigenvalue weighted by Crippen LogP contribution is -2.69. The SMILES string of the molecule is CCCCCCCC(=O)Oc1c(C)c2c(c3c1[C@H]1SC[C@]4(NCCc5cc(O)c(OC)cc54)C(=O)OC[C@@H]3N3C1[C@@H]1c4c(cc(C)c(OC)c4OC(=O)CCCCCCC)C[C@H]([C@@H]3C#N)N1C)OCO2. The van der Waals surface area contributed by atoms with Crippen molar-refractivity contribution in [2.45, 2.75) is 159 Å². The zero-order valence-electron chi connectivity index (χ0n) is 41.7. The van der Waals surface area contributed by atoms with Crippen molar-refractivity contribution in [3.05, 3.63) is 62.7 Å². The Kier molecular flexibility index (Phi) is 14.8. The van der Waals surface area contributed by atoms with Crippen molar-refractivity contribution >= 4 is 29.7 Å². The third-order valence-electron chi connectivity index (χ3n) is 15.6. The number of nitrogens with one attached hydrogen (secondary N) is 1. The number of likely N-dealkylation sites (N-methyl/N-ethyl adjacent to an activating group) is 1. The first-order valence-corrected chi connectivity index (χ1v) is 26.4. The molecule has 2 saturated heterocycles. The topological polar surface area (TPSA) is 178 Å².